The minimum Gasteiger partial charge on any atom is -1.00 e. The Morgan fingerprint density at radius 3 is 0.528 bits per heavy atom. The average molecular weight is 1650 g/mol. The van der Waals surface area contributed by atoms with Crippen molar-refractivity contribution in [2.24, 2.45) is 56.4 Å². The molecule has 0 aliphatic carbocycles. The van der Waals surface area contributed by atoms with Gasteiger partial charge in [0.15, 0.2) is 0 Å². The molecule has 0 spiro atoms. The predicted octanol–water partition coefficient (Wildman–Crippen LogP) is 6.32. The van der Waals surface area contributed by atoms with Crippen LogP contribution >= 0.6 is 0 Å². The molecule has 4 heterocycles. The molecule has 572 valence electrons. The zero-order chi connectivity index (χ0) is 81.4. The van der Waals surface area contributed by atoms with Gasteiger partial charge in [0.2, 0.25) is 0 Å². The van der Waals surface area contributed by atoms with E-state index in [-0.39, 0.29) is 24.8 Å². The molecule has 10 rings (SSSR count). The van der Waals surface area contributed by atoms with Crippen molar-refractivity contribution in [1.29, 1.82) is 31.6 Å². The number of aryl methyl sites for hydroxylation is 12. The van der Waals surface area contributed by atoms with Gasteiger partial charge in [0.25, 0.3) is 0 Å². The normalized spacial score (nSPS) is 10.2. The number of hydrogen-bond acceptors (Lipinski definition) is 6. The van der Waals surface area contributed by atoms with Crippen LogP contribution in [0.1, 0.15) is 154 Å². The van der Waals surface area contributed by atoms with E-state index in [2.05, 4.69) is 347 Å². The Labute approximate surface area is 678 Å². The zero-order valence-electron chi connectivity index (χ0n) is 70.9. The fourth-order valence-corrected chi connectivity index (χ4v) is 34.2. The van der Waals surface area contributed by atoms with Crippen LogP contribution < -0.4 is 75.2 Å². The zero-order valence-corrected chi connectivity index (χ0v) is 77.9. The maximum atomic E-state index is 7.32. The van der Waals surface area contributed by atoms with Gasteiger partial charge in [-0.1, -0.05) is 0 Å². The molecule has 0 atom stereocenters. The summed E-state index contributed by atoms with van der Waals surface area (Å²) >= 11 is 8.12. The minimum atomic E-state index is -2.92. The first-order valence-corrected chi connectivity index (χ1v) is 44.5. The Hall–Kier alpha value is -8.85. The SMILES string of the molecule is CC#N.CC#N.CC#N.CC#N.CC#N.CC#N.Cc1cc(C)c(-c2cccc(-c3c(C)cc(C)cc3C)c2[Si]([Se-])(c2n(C)c(C)c(C)[n+]2C)c2n(C)c(C)c(C)[n+]2C)c(C)c1.Cc1cc(C)c(-c2cccc(-c3c(C)cc(C)cc3C)c2[Si]([Se-])(c2n(C)c(C)c(C)[n+]2C)c2n(C)c(C)c(C)[n+]2C)c(C)c1.[Cl-].[Cl-]. The van der Waals surface area contributed by atoms with Gasteiger partial charge in [0, 0.05) is 41.5 Å². The second-order valence-corrected chi connectivity index (χ2v) is 40.9. The molecule has 10 aromatic rings. The number of hydrogen-bond donors (Lipinski definition) is 0. The van der Waals surface area contributed by atoms with E-state index in [4.69, 9.17) is 31.6 Å². The number of halogens is 2. The summed E-state index contributed by atoms with van der Waals surface area (Å²) in [5, 5.41) is 46.8. The fourth-order valence-electron chi connectivity index (χ4n) is 15.8. The Kier molecular flexibility index (Phi) is 37.5. The Balaban J connectivity index is 0.000000872. The van der Waals surface area contributed by atoms with Crippen molar-refractivity contribution in [3.05, 3.63) is 197 Å². The molecule has 0 N–H and O–H groups in total. The quantitative estimate of drug-likeness (QED) is 0.114. The number of nitrogens with zero attached hydrogens (tertiary/aromatic N) is 14. The van der Waals surface area contributed by atoms with Crippen molar-refractivity contribution in [3.8, 4) is 80.9 Å². The van der Waals surface area contributed by atoms with E-state index >= 15 is 0 Å². The third-order valence-corrected chi connectivity index (χ3v) is 35.4. The first-order chi connectivity index (χ1) is 49.5. The summed E-state index contributed by atoms with van der Waals surface area (Å²) < 4.78 is 19.7. The molecule has 0 aliphatic rings. The van der Waals surface area contributed by atoms with E-state index < -0.39 is 13.4 Å². The number of benzene rings is 6. The molecule has 0 saturated carbocycles. The first-order valence-electron chi connectivity index (χ1n) is 35.5. The van der Waals surface area contributed by atoms with Crippen LogP contribution in [0, 0.1) is 206 Å². The van der Waals surface area contributed by atoms with Crippen molar-refractivity contribution in [2.45, 2.75) is 180 Å². The van der Waals surface area contributed by atoms with Crippen molar-refractivity contribution in [2.75, 3.05) is 0 Å². The molecule has 4 aromatic heterocycles. The molecular weight excluding hydrogens is 1540 g/mol. The van der Waals surface area contributed by atoms with E-state index in [0.29, 0.717) is 0 Å². The molecular formula is C88H116Cl2N14Se2Si2. The molecule has 0 unspecified atom stereocenters. The number of aromatic nitrogens is 8. The standard InChI is InChI=1S/2C38H49N4SeSi.6C2H3N.2ClH/c2*1-22-18-24(3)34(25(4)19-22)32-16-15-17-33(35-26(5)20-23(2)21-27(35)6)36(32)44(43,37-39(11)28(7)29(8)40(37)12)38-41(13)30(9)31(10)42(38)14;6*1-2-3;;/h2*15-21H,1-14H3;6*1H3;2*1H/q2*+1;;;;;;;;/p-2. The summed E-state index contributed by atoms with van der Waals surface area (Å²) in [5.41, 5.74) is 42.2. The Bertz CT molecular complexity index is 4350. The summed E-state index contributed by atoms with van der Waals surface area (Å²) in [7, 11) is 18.1. The molecule has 0 radical (unpaired) electrons. The smallest absolute Gasteiger partial charge is 1.00 e. The molecule has 0 saturated heterocycles. The predicted molar refractivity (Wildman–Crippen MR) is 444 cm³/mol. The van der Waals surface area contributed by atoms with Gasteiger partial charge < -0.3 is 24.8 Å². The summed E-state index contributed by atoms with van der Waals surface area (Å²) in [6, 6.07) is 43.3. The van der Waals surface area contributed by atoms with Gasteiger partial charge in [0.1, 0.15) is 0 Å². The summed E-state index contributed by atoms with van der Waals surface area (Å²) in [5.74, 6) is 0. The van der Waals surface area contributed by atoms with Crippen molar-refractivity contribution >= 4 is 76.3 Å². The summed E-state index contributed by atoms with van der Waals surface area (Å²) in [4.78, 5) is 0. The molecule has 0 bridgehead atoms. The van der Waals surface area contributed by atoms with Gasteiger partial charge in [0.05, 0.1) is 36.4 Å². The van der Waals surface area contributed by atoms with E-state index in [1.165, 1.54) is 231 Å². The second-order valence-electron chi connectivity index (χ2n) is 27.7. The maximum absolute atomic E-state index is 7.32. The Morgan fingerprint density at radius 2 is 0.417 bits per heavy atom. The van der Waals surface area contributed by atoms with Gasteiger partial charge >= 0.3 is 549 Å². The molecule has 6 aromatic carbocycles. The second kappa shape index (κ2) is 41.6. The van der Waals surface area contributed by atoms with Crippen LogP contribution in [0.25, 0.3) is 44.5 Å². The van der Waals surface area contributed by atoms with Crippen molar-refractivity contribution < 1.29 is 43.1 Å². The molecule has 20 heteroatoms. The van der Waals surface area contributed by atoms with Gasteiger partial charge in [-0.3, -0.25) is 0 Å². The van der Waals surface area contributed by atoms with Crippen LogP contribution in [0.15, 0.2) is 84.9 Å². The maximum Gasteiger partial charge on any atom is -1.00 e. The third kappa shape index (κ3) is 19.4. The van der Waals surface area contributed by atoms with Crippen LogP contribution in [0.3, 0.4) is 0 Å². The van der Waals surface area contributed by atoms with Gasteiger partial charge in [-0.2, -0.15) is 31.6 Å². The molecule has 0 aliphatic heterocycles. The van der Waals surface area contributed by atoms with Crippen LogP contribution in [0.5, 0.6) is 0 Å². The monoisotopic (exact) mass is 1650 g/mol. The van der Waals surface area contributed by atoms with Gasteiger partial charge in [-0.15, -0.1) is 0 Å². The van der Waals surface area contributed by atoms with E-state index in [1.54, 1.807) is 36.4 Å². The van der Waals surface area contributed by atoms with Crippen LogP contribution in [-0.4, -0.2) is 62.4 Å². The largest absolute Gasteiger partial charge is 1.00 e. The number of rotatable bonds is 10. The fraction of sp³-hybridized carbons (Fsp3) is 0.386. The number of imidazole rings is 4. The Morgan fingerprint density at radius 1 is 0.287 bits per heavy atom. The molecule has 108 heavy (non-hydrogen) atoms. The topological polar surface area (TPSA) is 178 Å². The molecule has 14 nitrogen and oxygen atoms in total. The van der Waals surface area contributed by atoms with E-state index in [0.717, 1.165) is 0 Å². The van der Waals surface area contributed by atoms with Crippen LogP contribution in [-0.2, 0) is 56.4 Å². The van der Waals surface area contributed by atoms with Gasteiger partial charge in [-0.05, 0) is 0 Å². The molecule has 0 fully saturated rings. The van der Waals surface area contributed by atoms with Crippen LogP contribution in [0.4, 0.5) is 0 Å². The summed E-state index contributed by atoms with van der Waals surface area (Å²) in [6.07, 6.45) is 0. The average Bonchev–Trinajstić information content (AvgIpc) is 1.49. The van der Waals surface area contributed by atoms with Crippen LogP contribution in [0.2, 0.25) is 0 Å². The minimum absolute atomic E-state index is 0. The molecule has 0 amide bonds. The third-order valence-electron chi connectivity index (χ3n) is 20.5. The van der Waals surface area contributed by atoms with E-state index in [9.17, 15) is 0 Å². The van der Waals surface area contributed by atoms with Crippen molar-refractivity contribution in [3.63, 3.8) is 0 Å². The van der Waals surface area contributed by atoms with Crippen molar-refractivity contribution in [1.82, 2.24) is 18.3 Å². The number of nitriles is 6. The van der Waals surface area contributed by atoms with E-state index in [1.807, 2.05) is 0 Å². The first kappa shape index (κ1) is 97.2. The summed E-state index contributed by atoms with van der Waals surface area (Å²) in [6.45, 7) is 47.9. The van der Waals surface area contributed by atoms with Gasteiger partial charge in [-0.25, -0.2) is 0 Å².